The summed E-state index contributed by atoms with van der Waals surface area (Å²) in [5.74, 6) is 0.752. The van der Waals surface area contributed by atoms with Crippen LogP contribution in [-0.2, 0) is 6.54 Å². The van der Waals surface area contributed by atoms with Crippen LogP contribution in [0.15, 0.2) is 36.5 Å². The second-order valence-corrected chi connectivity index (χ2v) is 5.92. The van der Waals surface area contributed by atoms with E-state index < -0.39 is 0 Å². The summed E-state index contributed by atoms with van der Waals surface area (Å²) in [6, 6.07) is 9.09. The summed E-state index contributed by atoms with van der Waals surface area (Å²) in [7, 11) is 1.57. The summed E-state index contributed by atoms with van der Waals surface area (Å²) in [4.78, 5) is 20.9. The lowest BCUT2D eigenvalue weighted by atomic mass is 10.0. The van der Waals surface area contributed by atoms with E-state index in [1.54, 1.807) is 13.3 Å². The fraction of sp³-hybridized carbons (Fsp3) is 0.389. The summed E-state index contributed by atoms with van der Waals surface area (Å²) < 4.78 is 5.25. The van der Waals surface area contributed by atoms with Gasteiger partial charge in [0, 0.05) is 24.0 Å². The third-order valence-corrected chi connectivity index (χ3v) is 3.67. The number of hydrogen-bond donors (Lipinski definition) is 2. The Balaban J connectivity index is 1.99. The predicted molar refractivity (Wildman–Crippen MR) is 92.7 cm³/mol. The van der Waals surface area contributed by atoms with Crippen molar-refractivity contribution in [3.63, 3.8) is 0 Å². The van der Waals surface area contributed by atoms with Crippen molar-refractivity contribution in [2.75, 3.05) is 7.11 Å². The molecule has 6 heteroatoms. The first-order chi connectivity index (χ1) is 11.5. The lowest BCUT2D eigenvalue weighted by molar-refractivity contribution is 0.232. The molecule has 2 aromatic rings. The number of nitrogens with one attached hydrogen (secondary N) is 2. The fourth-order valence-corrected chi connectivity index (χ4v) is 2.38. The third kappa shape index (κ3) is 4.68. The van der Waals surface area contributed by atoms with Gasteiger partial charge in [-0.05, 0) is 31.0 Å². The van der Waals surface area contributed by atoms with Crippen molar-refractivity contribution < 1.29 is 9.53 Å². The average molecular weight is 328 g/mol. The first kappa shape index (κ1) is 17.7. The van der Waals surface area contributed by atoms with Gasteiger partial charge < -0.3 is 15.4 Å². The fourth-order valence-electron chi connectivity index (χ4n) is 2.38. The van der Waals surface area contributed by atoms with Crippen molar-refractivity contribution in [1.82, 2.24) is 20.6 Å². The molecule has 0 radical (unpaired) electrons. The van der Waals surface area contributed by atoms with Crippen LogP contribution in [0.3, 0.4) is 0 Å². The summed E-state index contributed by atoms with van der Waals surface area (Å²) in [6.45, 7) is 6.33. The Hall–Kier alpha value is -2.63. The van der Waals surface area contributed by atoms with Crippen molar-refractivity contribution in [1.29, 1.82) is 0 Å². The molecule has 0 aromatic carbocycles. The number of carbonyl (C=O) groups excluding carboxylic acids is 1. The number of aryl methyl sites for hydroxylation is 1. The summed E-state index contributed by atoms with van der Waals surface area (Å²) >= 11 is 0. The topological polar surface area (TPSA) is 76.1 Å². The predicted octanol–water partition coefficient (Wildman–Crippen LogP) is 2.99. The number of hydrogen-bond acceptors (Lipinski definition) is 4. The van der Waals surface area contributed by atoms with E-state index in [0.29, 0.717) is 12.4 Å². The van der Waals surface area contributed by atoms with Gasteiger partial charge >= 0.3 is 6.03 Å². The van der Waals surface area contributed by atoms with Crippen LogP contribution in [0, 0.1) is 12.8 Å². The zero-order valence-electron chi connectivity index (χ0n) is 14.5. The van der Waals surface area contributed by atoms with Crippen LogP contribution >= 0.6 is 0 Å². The Kier molecular flexibility index (Phi) is 6.12. The smallest absolute Gasteiger partial charge is 0.315 e. The number of amides is 2. The molecule has 0 aliphatic carbocycles. The van der Waals surface area contributed by atoms with Crippen molar-refractivity contribution >= 4 is 6.03 Å². The molecule has 0 saturated carbocycles. The van der Waals surface area contributed by atoms with Gasteiger partial charge in [0.2, 0.25) is 5.88 Å². The van der Waals surface area contributed by atoms with Gasteiger partial charge in [-0.15, -0.1) is 0 Å². The van der Waals surface area contributed by atoms with Gasteiger partial charge in [-0.2, -0.15) is 0 Å². The molecule has 128 valence electrons. The Morgan fingerprint density at radius 1 is 1.25 bits per heavy atom. The van der Waals surface area contributed by atoms with E-state index in [1.165, 1.54) is 0 Å². The minimum atomic E-state index is -0.248. The van der Waals surface area contributed by atoms with E-state index in [4.69, 9.17) is 4.74 Å². The standard InChI is InChI=1S/C18H24N4O2/c1-12(2)16(15-7-5-6-10-19-15)22-18(23)20-11-14-9-8-13(3)21-17(14)24-4/h5-10,12,16H,11H2,1-4H3,(H2,20,22,23)/t16-/m0/s1. The molecule has 0 fully saturated rings. The largest absolute Gasteiger partial charge is 0.481 e. The van der Waals surface area contributed by atoms with E-state index in [-0.39, 0.29) is 18.0 Å². The number of ether oxygens (including phenoxy) is 1. The van der Waals surface area contributed by atoms with Crippen molar-refractivity contribution in [2.24, 2.45) is 5.92 Å². The molecule has 0 aliphatic rings. The molecule has 0 bridgehead atoms. The Labute approximate surface area is 142 Å². The zero-order valence-corrected chi connectivity index (χ0v) is 14.5. The number of methoxy groups -OCH3 is 1. The minimum absolute atomic E-state index is 0.149. The highest BCUT2D eigenvalue weighted by molar-refractivity contribution is 5.74. The van der Waals surface area contributed by atoms with E-state index in [0.717, 1.165) is 17.0 Å². The third-order valence-electron chi connectivity index (χ3n) is 3.67. The van der Waals surface area contributed by atoms with Gasteiger partial charge in [-0.25, -0.2) is 9.78 Å². The highest BCUT2D eigenvalue weighted by Crippen LogP contribution is 2.19. The first-order valence-corrected chi connectivity index (χ1v) is 7.97. The number of rotatable bonds is 6. The van der Waals surface area contributed by atoms with Gasteiger partial charge in [0.15, 0.2) is 0 Å². The Bertz CT molecular complexity index is 674. The van der Waals surface area contributed by atoms with E-state index in [2.05, 4.69) is 20.6 Å². The lowest BCUT2D eigenvalue weighted by Gasteiger charge is -2.22. The van der Waals surface area contributed by atoms with Crippen molar-refractivity contribution in [2.45, 2.75) is 33.4 Å². The van der Waals surface area contributed by atoms with Crippen LogP contribution in [-0.4, -0.2) is 23.1 Å². The normalized spacial score (nSPS) is 11.9. The summed E-state index contributed by atoms with van der Waals surface area (Å²) in [5.41, 5.74) is 2.55. The molecule has 1 atom stereocenters. The quantitative estimate of drug-likeness (QED) is 0.855. The van der Waals surface area contributed by atoms with Gasteiger partial charge in [0.25, 0.3) is 0 Å². The van der Waals surface area contributed by atoms with Crippen LogP contribution in [0.4, 0.5) is 4.79 Å². The number of urea groups is 1. The molecule has 2 aromatic heterocycles. The summed E-state index contributed by atoms with van der Waals surface area (Å²) in [5, 5.41) is 5.83. The van der Waals surface area contributed by atoms with Crippen molar-refractivity contribution in [3.05, 3.63) is 53.5 Å². The molecule has 2 rings (SSSR count). The molecular weight excluding hydrogens is 304 g/mol. The molecule has 0 unspecified atom stereocenters. The van der Waals surface area contributed by atoms with Gasteiger partial charge in [0.1, 0.15) is 0 Å². The lowest BCUT2D eigenvalue weighted by Crippen LogP contribution is -2.39. The Morgan fingerprint density at radius 3 is 2.67 bits per heavy atom. The minimum Gasteiger partial charge on any atom is -0.481 e. The first-order valence-electron chi connectivity index (χ1n) is 7.97. The molecule has 6 nitrogen and oxygen atoms in total. The molecule has 2 amide bonds. The SMILES string of the molecule is COc1nc(C)ccc1CNC(=O)N[C@H](c1ccccn1)C(C)C. The average Bonchev–Trinajstić information content (AvgIpc) is 2.59. The van der Waals surface area contributed by atoms with Crippen LogP contribution in [0.25, 0.3) is 0 Å². The van der Waals surface area contributed by atoms with Crippen molar-refractivity contribution in [3.8, 4) is 5.88 Å². The zero-order chi connectivity index (χ0) is 17.5. The monoisotopic (exact) mass is 328 g/mol. The molecule has 0 saturated heterocycles. The maximum atomic E-state index is 12.3. The van der Waals surface area contributed by atoms with Crippen LogP contribution < -0.4 is 15.4 Å². The number of carbonyl (C=O) groups is 1. The molecule has 2 heterocycles. The highest BCUT2D eigenvalue weighted by Gasteiger charge is 2.19. The van der Waals surface area contributed by atoms with Gasteiger partial charge in [-0.3, -0.25) is 4.98 Å². The van der Waals surface area contributed by atoms with Crippen LogP contribution in [0.5, 0.6) is 5.88 Å². The van der Waals surface area contributed by atoms with E-state index in [1.807, 2.05) is 51.1 Å². The maximum absolute atomic E-state index is 12.3. The van der Waals surface area contributed by atoms with Gasteiger partial charge in [-0.1, -0.05) is 26.0 Å². The molecular formula is C18H24N4O2. The maximum Gasteiger partial charge on any atom is 0.315 e. The van der Waals surface area contributed by atoms with E-state index in [9.17, 15) is 4.79 Å². The molecule has 2 N–H and O–H groups in total. The molecule has 24 heavy (non-hydrogen) atoms. The number of aromatic nitrogens is 2. The van der Waals surface area contributed by atoms with Gasteiger partial charge in [0.05, 0.1) is 18.8 Å². The second-order valence-electron chi connectivity index (χ2n) is 5.92. The molecule has 0 aliphatic heterocycles. The molecule has 0 spiro atoms. The second kappa shape index (κ2) is 8.29. The highest BCUT2D eigenvalue weighted by atomic mass is 16.5. The Morgan fingerprint density at radius 2 is 2.04 bits per heavy atom. The number of nitrogens with zero attached hydrogens (tertiary/aromatic N) is 2. The van der Waals surface area contributed by atoms with Crippen LogP contribution in [0.1, 0.15) is 36.8 Å². The summed E-state index contributed by atoms with van der Waals surface area (Å²) in [6.07, 6.45) is 1.73. The number of pyridine rings is 2. The van der Waals surface area contributed by atoms with Crippen LogP contribution in [0.2, 0.25) is 0 Å². The van der Waals surface area contributed by atoms with E-state index >= 15 is 0 Å².